The highest BCUT2D eigenvalue weighted by atomic mass is 32.1. The summed E-state index contributed by atoms with van der Waals surface area (Å²) in [5, 5.41) is 5.25. The first-order chi connectivity index (χ1) is 16.0. The summed E-state index contributed by atoms with van der Waals surface area (Å²) in [6.45, 7) is 7.42. The Balaban J connectivity index is 1.59. The first-order valence-electron chi connectivity index (χ1n) is 11.3. The largest absolute Gasteiger partial charge is 0.486 e. The number of rotatable bonds is 7. The number of ether oxygens (including phenoxy) is 1. The third-order valence-corrected chi connectivity index (χ3v) is 6.67. The Kier molecular flexibility index (Phi) is 7.08. The van der Waals surface area contributed by atoms with Crippen molar-refractivity contribution in [2.24, 2.45) is 0 Å². The molecule has 2 aromatic carbocycles. The van der Waals surface area contributed by atoms with Gasteiger partial charge in [0.25, 0.3) is 5.91 Å². The molecule has 2 amide bonds. The van der Waals surface area contributed by atoms with Crippen LogP contribution in [-0.4, -0.2) is 34.8 Å². The average Bonchev–Trinajstić information content (AvgIpc) is 3.31. The van der Waals surface area contributed by atoms with Gasteiger partial charge in [-0.3, -0.25) is 9.59 Å². The van der Waals surface area contributed by atoms with Crippen molar-refractivity contribution in [3.8, 4) is 5.75 Å². The van der Waals surface area contributed by atoms with E-state index in [1.807, 2.05) is 30.9 Å². The molecule has 0 saturated heterocycles. The van der Waals surface area contributed by atoms with Crippen LogP contribution in [0.2, 0.25) is 0 Å². The number of benzene rings is 2. The molecule has 1 N–H and O–H groups in total. The van der Waals surface area contributed by atoms with Crippen LogP contribution in [-0.2, 0) is 17.8 Å². The van der Waals surface area contributed by atoms with Gasteiger partial charge in [-0.25, -0.2) is 4.98 Å². The highest BCUT2D eigenvalue weighted by Crippen LogP contribution is 2.37. The van der Waals surface area contributed by atoms with Crippen LogP contribution in [0.5, 0.6) is 5.75 Å². The fourth-order valence-electron chi connectivity index (χ4n) is 4.14. The second-order valence-corrected chi connectivity index (χ2v) is 9.08. The molecule has 1 aliphatic heterocycles. The lowest BCUT2D eigenvalue weighted by Gasteiger charge is -2.38. The fraction of sp³-hybridized carbons (Fsp3) is 0.346. The zero-order valence-electron chi connectivity index (χ0n) is 19.3. The molecule has 0 unspecified atom stereocenters. The molecule has 4 rings (SSSR count). The van der Waals surface area contributed by atoms with Gasteiger partial charge in [-0.1, -0.05) is 42.8 Å². The molecule has 6 nitrogen and oxygen atoms in total. The van der Waals surface area contributed by atoms with Crippen LogP contribution in [0.1, 0.15) is 64.1 Å². The van der Waals surface area contributed by atoms with E-state index in [0.29, 0.717) is 25.2 Å². The van der Waals surface area contributed by atoms with Crippen molar-refractivity contribution in [2.45, 2.75) is 46.3 Å². The molecule has 0 bridgehead atoms. The van der Waals surface area contributed by atoms with Crippen LogP contribution >= 0.6 is 11.3 Å². The van der Waals surface area contributed by atoms with Crippen molar-refractivity contribution < 1.29 is 14.3 Å². The predicted molar refractivity (Wildman–Crippen MR) is 130 cm³/mol. The minimum absolute atomic E-state index is 0.130. The molecule has 0 fully saturated rings. The molecule has 2 heterocycles. The molecular formula is C26H29N3O3S. The van der Waals surface area contributed by atoms with Gasteiger partial charge in [0.05, 0.1) is 6.04 Å². The predicted octanol–water partition coefficient (Wildman–Crippen LogP) is 4.66. The molecule has 0 spiro atoms. The van der Waals surface area contributed by atoms with E-state index < -0.39 is 0 Å². The van der Waals surface area contributed by atoms with E-state index in [-0.39, 0.29) is 24.5 Å². The Morgan fingerprint density at radius 2 is 1.97 bits per heavy atom. The lowest BCUT2D eigenvalue weighted by Crippen LogP contribution is -2.40. The highest BCUT2D eigenvalue weighted by Gasteiger charge is 2.31. The van der Waals surface area contributed by atoms with Crippen LogP contribution in [0.25, 0.3) is 0 Å². The Bertz CT molecular complexity index is 1140. The number of amides is 2. The summed E-state index contributed by atoms with van der Waals surface area (Å²) in [4.78, 5) is 31.1. The second kappa shape index (κ2) is 10.2. The summed E-state index contributed by atoms with van der Waals surface area (Å²) in [5.41, 5.74) is 5.05. The van der Waals surface area contributed by atoms with E-state index in [2.05, 4.69) is 47.6 Å². The lowest BCUT2D eigenvalue weighted by atomic mass is 9.87. The molecule has 1 atom stereocenters. The maximum atomic E-state index is 12.8. The van der Waals surface area contributed by atoms with E-state index in [1.54, 1.807) is 5.38 Å². The van der Waals surface area contributed by atoms with Gasteiger partial charge >= 0.3 is 0 Å². The lowest BCUT2D eigenvalue weighted by molar-refractivity contribution is -0.132. The Morgan fingerprint density at radius 1 is 1.18 bits per heavy atom. The highest BCUT2D eigenvalue weighted by molar-refractivity contribution is 7.09. The molecule has 1 aliphatic rings. The summed E-state index contributed by atoms with van der Waals surface area (Å²) in [6.07, 6.45) is 1.30. The normalized spacial score (nSPS) is 15.1. The first kappa shape index (κ1) is 23.0. The monoisotopic (exact) mass is 463 g/mol. The summed E-state index contributed by atoms with van der Waals surface area (Å²) in [7, 11) is 0. The topological polar surface area (TPSA) is 71.5 Å². The number of thiazole rings is 1. The summed E-state index contributed by atoms with van der Waals surface area (Å²) in [5.74, 6) is 0.708. The van der Waals surface area contributed by atoms with E-state index in [0.717, 1.165) is 28.3 Å². The van der Waals surface area contributed by atoms with E-state index in [1.165, 1.54) is 22.5 Å². The molecule has 33 heavy (non-hydrogen) atoms. The van der Waals surface area contributed by atoms with Gasteiger partial charge < -0.3 is 15.0 Å². The Morgan fingerprint density at radius 3 is 2.70 bits per heavy atom. The summed E-state index contributed by atoms with van der Waals surface area (Å²) >= 11 is 1.41. The van der Waals surface area contributed by atoms with Crippen molar-refractivity contribution in [3.05, 3.63) is 80.8 Å². The van der Waals surface area contributed by atoms with E-state index >= 15 is 0 Å². The van der Waals surface area contributed by atoms with E-state index in [4.69, 9.17) is 4.74 Å². The Labute approximate surface area is 198 Å². The second-order valence-electron chi connectivity index (χ2n) is 8.14. The molecule has 3 aromatic rings. The zero-order chi connectivity index (χ0) is 23.4. The van der Waals surface area contributed by atoms with Gasteiger partial charge in [-0.2, -0.15) is 0 Å². The molecule has 0 radical (unpaired) electrons. The number of aryl methyl sites for hydroxylation is 1. The Hall–Kier alpha value is -3.19. The van der Waals surface area contributed by atoms with Crippen molar-refractivity contribution in [2.75, 3.05) is 13.1 Å². The van der Waals surface area contributed by atoms with Crippen LogP contribution < -0.4 is 10.1 Å². The molecular weight excluding hydrogens is 434 g/mol. The van der Waals surface area contributed by atoms with Gasteiger partial charge in [0, 0.05) is 24.9 Å². The maximum absolute atomic E-state index is 12.8. The molecule has 172 valence electrons. The van der Waals surface area contributed by atoms with Crippen LogP contribution in [0.4, 0.5) is 0 Å². The quantitative estimate of drug-likeness (QED) is 0.553. The number of carbonyl (C=O) groups excluding carboxylic acids is 2. The number of aromatic nitrogens is 1. The standard InChI is InChI=1S/C26H29N3O3S/c1-4-24(30)29-13-12-18-10-11-20(14-21(18)25(29)19-8-6-17(3)7-9-19)32-15-23-28-22(16-33-23)26(31)27-5-2/h6-11,14,16,25H,4-5,12-13,15H2,1-3H3,(H,27,31)/t25-/m0/s1. The van der Waals surface area contributed by atoms with Crippen molar-refractivity contribution in [3.63, 3.8) is 0 Å². The summed E-state index contributed by atoms with van der Waals surface area (Å²) in [6, 6.07) is 14.4. The number of nitrogens with zero attached hydrogens (tertiary/aromatic N) is 2. The average molecular weight is 464 g/mol. The van der Waals surface area contributed by atoms with Crippen molar-refractivity contribution in [1.82, 2.24) is 15.2 Å². The van der Waals surface area contributed by atoms with Crippen LogP contribution in [0, 0.1) is 6.92 Å². The van der Waals surface area contributed by atoms with Gasteiger partial charge in [-0.05, 0) is 49.1 Å². The summed E-state index contributed by atoms with van der Waals surface area (Å²) < 4.78 is 6.05. The minimum atomic E-state index is -0.171. The number of hydrogen-bond donors (Lipinski definition) is 1. The first-order valence-corrected chi connectivity index (χ1v) is 12.2. The number of carbonyl (C=O) groups is 2. The number of fused-ring (bicyclic) bond motifs is 1. The SMILES string of the molecule is CCNC(=O)c1csc(COc2ccc3c(c2)[C@H](c2ccc(C)cc2)N(C(=O)CC)CC3)n1. The molecule has 0 aliphatic carbocycles. The third-order valence-electron chi connectivity index (χ3n) is 5.85. The van der Waals surface area contributed by atoms with E-state index in [9.17, 15) is 9.59 Å². The van der Waals surface area contributed by atoms with Crippen LogP contribution in [0.3, 0.4) is 0 Å². The number of nitrogens with one attached hydrogen (secondary N) is 1. The van der Waals surface area contributed by atoms with Gasteiger partial charge in [0.2, 0.25) is 5.91 Å². The van der Waals surface area contributed by atoms with Crippen molar-refractivity contribution in [1.29, 1.82) is 0 Å². The minimum Gasteiger partial charge on any atom is -0.486 e. The smallest absolute Gasteiger partial charge is 0.270 e. The zero-order valence-corrected chi connectivity index (χ0v) is 20.1. The fourth-order valence-corrected chi connectivity index (χ4v) is 4.83. The molecule has 7 heteroatoms. The molecule has 1 aromatic heterocycles. The van der Waals surface area contributed by atoms with Gasteiger partial charge in [0.15, 0.2) is 0 Å². The maximum Gasteiger partial charge on any atom is 0.270 e. The number of hydrogen-bond acceptors (Lipinski definition) is 5. The van der Waals surface area contributed by atoms with Crippen LogP contribution in [0.15, 0.2) is 47.8 Å². The van der Waals surface area contributed by atoms with Gasteiger partial charge in [0.1, 0.15) is 23.1 Å². The van der Waals surface area contributed by atoms with Gasteiger partial charge in [-0.15, -0.1) is 11.3 Å². The molecule has 0 saturated carbocycles. The van der Waals surface area contributed by atoms with Crippen molar-refractivity contribution >= 4 is 23.2 Å². The third kappa shape index (κ3) is 5.09.